The van der Waals surface area contributed by atoms with Crippen LogP contribution in [-0.2, 0) is 16.0 Å². The molecule has 0 saturated heterocycles. The lowest BCUT2D eigenvalue weighted by Crippen LogP contribution is -2.27. The summed E-state index contributed by atoms with van der Waals surface area (Å²) >= 11 is 0. The zero-order chi connectivity index (χ0) is 24.6. The van der Waals surface area contributed by atoms with E-state index in [1.54, 1.807) is 14.2 Å². The fraction of sp³-hybridized carbons (Fsp3) is 0.286. The van der Waals surface area contributed by atoms with Gasteiger partial charge in [-0.05, 0) is 60.9 Å². The molecule has 0 aliphatic rings. The summed E-state index contributed by atoms with van der Waals surface area (Å²) in [6, 6.07) is 20.0. The molecule has 7 heteroatoms. The third-order valence-electron chi connectivity index (χ3n) is 5.76. The van der Waals surface area contributed by atoms with E-state index in [1.165, 1.54) is 0 Å². The Morgan fingerprint density at radius 2 is 1.74 bits per heavy atom. The summed E-state index contributed by atoms with van der Waals surface area (Å²) in [4.78, 5) is 17.4. The van der Waals surface area contributed by atoms with E-state index in [0.717, 1.165) is 45.2 Å². The van der Waals surface area contributed by atoms with Crippen LogP contribution in [0.3, 0.4) is 0 Å². The Bertz CT molecular complexity index is 1300. The molecule has 0 aliphatic heterocycles. The SMILES string of the molecule is CCOc1cccc(-c2ccc3nc(-c4cccc(OC)c4)c(CCC(=O)NCCOC)n3c2)c1. The minimum Gasteiger partial charge on any atom is -0.497 e. The van der Waals surface area contributed by atoms with Crippen LogP contribution in [0.25, 0.3) is 28.0 Å². The first-order chi connectivity index (χ1) is 17.1. The lowest BCUT2D eigenvalue weighted by Gasteiger charge is -2.10. The standard InChI is InChI=1S/C28H31N3O4/c1-4-35-24-10-5-7-20(17-24)22-11-13-26-30-28(21-8-6-9-23(18-21)34-3)25(31(26)19-22)12-14-27(32)29-15-16-33-2/h5-11,13,17-19H,4,12,14-16H2,1-3H3,(H,29,32). The van der Waals surface area contributed by atoms with Gasteiger partial charge >= 0.3 is 0 Å². The normalized spacial score (nSPS) is 10.9. The third kappa shape index (κ3) is 5.81. The number of carbonyl (C=O) groups excluding carboxylic acids is 1. The van der Waals surface area contributed by atoms with Gasteiger partial charge in [0.2, 0.25) is 5.91 Å². The number of nitrogens with one attached hydrogen (secondary N) is 1. The van der Waals surface area contributed by atoms with Crippen LogP contribution in [0.2, 0.25) is 0 Å². The zero-order valence-corrected chi connectivity index (χ0v) is 20.4. The molecular formula is C28H31N3O4. The van der Waals surface area contributed by atoms with Crippen molar-refractivity contribution in [1.29, 1.82) is 0 Å². The molecule has 182 valence electrons. The molecule has 2 aromatic carbocycles. The summed E-state index contributed by atoms with van der Waals surface area (Å²) in [7, 11) is 3.27. The number of carbonyl (C=O) groups is 1. The summed E-state index contributed by atoms with van der Waals surface area (Å²) in [5.41, 5.74) is 5.68. The molecule has 35 heavy (non-hydrogen) atoms. The van der Waals surface area contributed by atoms with E-state index in [-0.39, 0.29) is 5.91 Å². The second kappa shape index (κ2) is 11.5. The first-order valence-electron chi connectivity index (χ1n) is 11.8. The first kappa shape index (κ1) is 24.3. The van der Waals surface area contributed by atoms with Crippen LogP contribution in [0, 0.1) is 0 Å². The predicted molar refractivity (Wildman–Crippen MR) is 137 cm³/mol. The molecule has 0 unspecified atom stereocenters. The fourth-order valence-corrected chi connectivity index (χ4v) is 4.05. The van der Waals surface area contributed by atoms with Crippen LogP contribution >= 0.6 is 0 Å². The van der Waals surface area contributed by atoms with Crippen molar-refractivity contribution in [1.82, 2.24) is 14.7 Å². The van der Waals surface area contributed by atoms with Crippen LogP contribution < -0.4 is 14.8 Å². The Hall–Kier alpha value is -3.84. The molecule has 0 radical (unpaired) electrons. The van der Waals surface area contributed by atoms with Gasteiger partial charge in [-0.25, -0.2) is 4.98 Å². The molecule has 2 aromatic heterocycles. The summed E-state index contributed by atoms with van der Waals surface area (Å²) < 4.78 is 18.2. The van der Waals surface area contributed by atoms with Crippen LogP contribution in [-0.4, -0.2) is 49.3 Å². The molecule has 0 fully saturated rings. The van der Waals surface area contributed by atoms with Gasteiger partial charge in [-0.1, -0.05) is 24.3 Å². The van der Waals surface area contributed by atoms with Crippen LogP contribution in [0.15, 0.2) is 66.9 Å². The average molecular weight is 474 g/mol. The van der Waals surface area contributed by atoms with E-state index in [2.05, 4.69) is 28.0 Å². The molecule has 0 spiro atoms. The number of pyridine rings is 1. The van der Waals surface area contributed by atoms with Gasteiger partial charge in [0, 0.05) is 31.8 Å². The van der Waals surface area contributed by atoms with Crippen molar-refractivity contribution in [3.63, 3.8) is 0 Å². The Morgan fingerprint density at radius 3 is 2.51 bits per heavy atom. The quantitative estimate of drug-likeness (QED) is 0.318. The minimum absolute atomic E-state index is 0.0193. The molecular weight excluding hydrogens is 442 g/mol. The van der Waals surface area contributed by atoms with E-state index in [4.69, 9.17) is 19.2 Å². The molecule has 1 amide bonds. The maximum Gasteiger partial charge on any atom is 0.220 e. The number of hydrogen-bond acceptors (Lipinski definition) is 5. The van der Waals surface area contributed by atoms with Gasteiger partial charge in [-0.15, -0.1) is 0 Å². The van der Waals surface area contributed by atoms with E-state index in [0.29, 0.717) is 32.6 Å². The van der Waals surface area contributed by atoms with Crippen LogP contribution in [0.1, 0.15) is 19.0 Å². The maximum absolute atomic E-state index is 12.5. The van der Waals surface area contributed by atoms with Crippen molar-refractivity contribution in [3.8, 4) is 33.9 Å². The number of imidazole rings is 1. The second-order valence-electron chi connectivity index (χ2n) is 8.09. The van der Waals surface area contributed by atoms with Gasteiger partial charge in [-0.2, -0.15) is 0 Å². The van der Waals surface area contributed by atoms with Gasteiger partial charge in [0.25, 0.3) is 0 Å². The lowest BCUT2D eigenvalue weighted by atomic mass is 10.1. The number of fused-ring (bicyclic) bond motifs is 1. The first-order valence-corrected chi connectivity index (χ1v) is 11.8. The molecule has 0 bridgehead atoms. The zero-order valence-electron chi connectivity index (χ0n) is 20.4. The second-order valence-corrected chi connectivity index (χ2v) is 8.09. The molecule has 1 N–H and O–H groups in total. The van der Waals surface area contributed by atoms with Gasteiger partial charge in [0.15, 0.2) is 0 Å². The van der Waals surface area contributed by atoms with Crippen molar-refractivity contribution < 1.29 is 19.0 Å². The van der Waals surface area contributed by atoms with E-state index in [1.807, 2.05) is 55.5 Å². The fourth-order valence-electron chi connectivity index (χ4n) is 4.05. The van der Waals surface area contributed by atoms with Gasteiger partial charge in [0.1, 0.15) is 17.1 Å². The smallest absolute Gasteiger partial charge is 0.220 e. The van der Waals surface area contributed by atoms with Gasteiger partial charge in [-0.3, -0.25) is 4.79 Å². The summed E-state index contributed by atoms with van der Waals surface area (Å²) in [6.07, 6.45) is 2.96. The molecule has 4 rings (SSSR count). The van der Waals surface area contributed by atoms with Crippen molar-refractivity contribution in [2.24, 2.45) is 0 Å². The highest BCUT2D eigenvalue weighted by atomic mass is 16.5. The number of benzene rings is 2. The monoisotopic (exact) mass is 473 g/mol. The Labute approximate surface area is 205 Å². The summed E-state index contributed by atoms with van der Waals surface area (Å²) in [6.45, 7) is 3.57. The maximum atomic E-state index is 12.5. The van der Waals surface area contributed by atoms with Gasteiger partial charge < -0.3 is 23.9 Å². The molecule has 4 aromatic rings. The number of amides is 1. The van der Waals surface area contributed by atoms with E-state index >= 15 is 0 Å². The molecule has 0 aliphatic carbocycles. The number of methoxy groups -OCH3 is 2. The topological polar surface area (TPSA) is 74.1 Å². The lowest BCUT2D eigenvalue weighted by molar-refractivity contribution is -0.121. The van der Waals surface area contributed by atoms with Crippen molar-refractivity contribution >= 4 is 11.6 Å². The number of hydrogen-bond donors (Lipinski definition) is 1. The number of aryl methyl sites for hydroxylation is 1. The molecule has 0 atom stereocenters. The Kier molecular flexibility index (Phi) is 8.00. The van der Waals surface area contributed by atoms with Gasteiger partial charge in [0.05, 0.1) is 31.7 Å². The predicted octanol–water partition coefficient (Wildman–Crippen LogP) is 4.77. The molecule has 7 nitrogen and oxygen atoms in total. The molecule has 0 saturated carbocycles. The van der Waals surface area contributed by atoms with E-state index < -0.39 is 0 Å². The number of nitrogens with zero attached hydrogens (tertiary/aromatic N) is 2. The largest absolute Gasteiger partial charge is 0.497 e. The third-order valence-corrected chi connectivity index (χ3v) is 5.76. The summed E-state index contributed by atoms with van der Waals surface area (Å²) in [5.74, 6) is 1.58. The Balaban J connectivity index is 1.74. The highest BCUT2D eigenvalue weighted by molar-refractivity contribution is 5.77. The minimum atomic E-state index is -0.0193. The van der Waals surface area contributed by atoms with Crippen molar-refractivity contribution in [2.45, 2.75) is 19.8 Å². The van der Waals surface area contributed by atoms with Crippen LogP contribution in [0.4, 0.5) is 0 Å². The van der Waals surface area contributed by atoms with Crippen LogP contribution in [0.5, 0.6) is 11.5 Å². The highest BCUT2D eigenvalue weighted by Gasteiger charge is 2.17. The average Bonchev–Trinajstić information content (AvgIpc) is 3.26. The highest BCUT2D eigenvalue weighted by Crippen LogP contribution is 2.31. The summed E-state index contributed by atoms with van der Waals surface area (Å²) in [5, 5.41) is 2.90. The number of rotatable bonds is 11. The van der Waals surface area contributed by atoms with Crippen molar-refractivity contribution in [3.05, 3.63) is 72.6 Å². The number of aromatic nitrogens is 2. The van der Waals surface area contributed by atoms with E-state index in [9.17, 15) is 4.79 Å². The van der Waals surface area contributed by atoms with Crippen molar-refractivity contribution in [2.75, 3.05) is 34.0 Å². The number of ether oxygens (including phenoxy) is 3. The molecule has 2 heterocycles. The Morgan fingerprint density at radius 1 is 0.971 bits per heavy atom.